The summed E-state index contributed by atoms with van der Waals surface area (Å²) in [6.07, 6.45) is 2.28. The first-order valence-corrected chi connectivity index (χ1v) is 7.61. The lowest BCUT2D eigenvalue weighted by atomic mass is 9.86. The van der Waals surface area contributed by atoms with E-state index < -0.39 is 6.10 Å². The van der Waals surface area contributed by atoms with Crippen molar-refractivity contribution < 1.29 is 14.6 Å². The van der Waals surface area contributed by atoms with Crippen LogP contribution >= 0.6 is 0 Å². The van der Waals surface area contributed by atoms with Crippen LogP contribution in [0.5, 0.6) is 11.5 Å². The van der Waals surface area contributed by atoms with Crippen molar-refractivity contribution in [2.24, 2.45) is 0 Å². The number of ether oxygens (including phenoxy) is 2. The fraction of sp³-hybridized carbons (Fsp3) is 0.647. The maximum atomic E-state index is 10.2. The number of rotatable bonds is 6. The van der Waals surface area contributed by atoms with Gasteiger partial charge in [0.15, 0.2) is 11.5 Å². The van der Waals surface area contributed by atoms with Gasteiger partial charge in [0.25, 0.3) is 0 Å². The molecule has 1 aromatic carbocycles. The van der Waals surface area contributed by atoms with E-state index in [4.69, 9.17) is 9.47 Å². The summed E-state index contributed by atoms with van der Waals surface area (Å²) in [5.41, 5.74) is 2.16. The summed E-state index contributed by atoms with van der Waals surface area (Å²) in [6, 6.07) is 4.03. The SMILES string of the molecule is CCCOc1cc2c(cc1OCCC)C(C)(C)C[C@H]2O. The molecule has 112 valence electrons. The van der Waals surface area contributed by atoms with Crippen LogP contribution in [0.25, 0.3) is 0 Å². The molecule has 0 saturated heterocycles. The first kappa shape index (κ1) is 15.2. The summed E-state index contributed by atoms with van der Waals surface area (Å²) in [6.45, 7) is 9.85. The highest BCUT2D eigenvalue weighted by Crippen LogP contribution is 2.48. The Balaban J connectivity index is 2.38. The average molecular weight is 278 g/mol. The fourth-order valence-corrected chi connectivity index (χ4v) is 2.79. The summed E-state index contributed by atoms with van der Waals surface area (Å²) in [5.74, 6) is 1.57. The monoisotopic (exact) mass is 278 g/mol. The Labute approximate surface area is 121 Å². The predicted octanol–water partition coefficient (Wildman–Crippen LogP) is 3.98. The van der Waals surface area contributed by atoms with Crippen molar-refractivity contribution in [1.82, 2.24) is 0 Å². The van der Waals surface area contributed by atoms with E-state index in [1.807, 2.05) is 6.07 Å². The highest BCUT2D eigenvalue weighted by molar-refractivity contribution is 5.53. The van der Waals surface area contributed by atoms with Gasteiger partial charge < -0.3 is 14.6 Å². The molecule has 1 aliphatic rings. The molecule has 0 heterocycles. The minimum Gasteiger partial charge on any atom is -0.490 e. The predicted molar refractivity (Wildman–Crippen MR) is 80.6 cm³/mol. The van der Waals surface area contributed by atoms with Gasteiger partial charge in [-0.3, -0.25) is 0 Å². The molecule has 3 heteroatoms. The Hall–Kier alpha value is -1.22. The summed E-state index contributed by atoms with van der Waals surface area (Å²) in [5, 5.41) is 10.2. The Morgan fingerprint density at radius 1 is 1.10 bits per heavy atom. The Morgan fingerprint density at radius 3 is 2.20 bits per heavy atom. The summed E-state index contributed by atoms with van der Waals surface area (Å²) in [4.78, 5) is 0. The second-order valence-electron chi connectivity index (χ2n) is 6.19. The molecule has 0 radical (unpaired) electrons. The van der Waals surface area contributed by atoms with Gasteiger partial charge in [-0.15, -0.1) is 0 Å². The van der Waals surface area contributed by atoms with E-state index in [0.717, 1.165) is 36.3 Å². The van der Waals surface area contributed by atoms with E-state index in [1.165, 1.54) is 5.56 Å². The van der Waals surface area contributed by atoms with Crippen molar-refractivity contribution >= 4 is 0 Å². The lowest BCUT2D eigenvalue weighted by molar-refractivity contribution is 0.161. The van der Waals surface area contributed by atoms with E-state index in [0.29, 0.717) is 13.2 Å². The molecule has 1 aliphatic carbocycles. The van der Waals surface area contributed by atoms with Gasteiger partial charge in [0, 0.05) is 0 Å². The van der Waals surface area contributed by atoms with Gasteiger partial charge in [-0.25, -0.2) is 0 Å². The largest absolute Gasteiger partial charge is 0.490 e. The van der Waals surface area contributed by atoms with E-state index in [2.05, 4.69) is 33.8 Å². The van der Waals surface area contributed by atoms with Crippen molar-refractivity contribution in [1.29, 1.82) is 0 Å². The van der Waals surface area contributed by atoms with Gasteiger partial charge in [-0.1, -0.05) is 27.7 Å². The fourth-order valence-electron chi connectivity index (χ4n) is 2.79. The number of aliphatic hydroxyl groups is 1. The number of fused-ring (bicyclic) bond motifs is 1. The van der Waals surface area contributed by atoms with E-state index in [9.17, 15) is 5.11 Å². The Kier molecular flexibility index (Phi) is 4.59. The Bertz CT molecular complexity index is 466. The molecule has 3 nitrogen and oxygen atoms in total. The van der Waals surface area contributed by atoms with Crippen LogP contribution in [-0.2, 0) is 5.41 Å². The second-order valence-corrected chi connectivity index (χ2v) is 6.19. The maximum Gasteiger partial charge on any atom is 0.161 e. The third kappa shape index (κ3) is 2.93. The third-order valence-electron chi connectivity index (χ3n) is 3.83. The van der Waals surface area contributed by atoms with Crippen LogP contribution in [0, 0.1) is 0 Å². The average Bonchev–Trinajstić information content (AvgIpc) is 2.63. The number of benzene rings is 1. The topological polar surface area (TPSA) is 38.7 Å². The van der Waals surface area contributed by atoms with Crippen LogP contribution in [0.3, 0.4) is 0 Å². The molecule has 1 atom stereocenters. The molecular weight excluding hydrogens is 252 g/mol. The molecule has 0 aliphatic heterocycles. The van der Waals surface area contributed by atoms with Gasteiger partial charge >= 0.3 is 0 Å². The third-order valence-corrected chi connectivity index (χ3v) is 3.83. The second kappa shape index (κ2) is 6.04. The van der Waals surface area contributed by atoms with E-state index in [-0.39, 0.29) is 5.41 Å². The molecule has 0 fully saturated rings. The van der Waals surface area contributed by atoms with Crippen molar-refractivity contribution in [3.8, 4) is 11.5 Å². The minimum atomic E-state index is -0.399. The van der Waals surface area contributed by atoms with Gasteiger partial charge in [0.05, 0.1) is 19.3 Å². The summed E-state index contributed by atoms with van der Waals surface area (Å²) < 4.78 is 11.6. The van der Waals surface area contributed by atoms with Gasteiger partial charge in [-0.05, 0) is 47.9 Å². The molecular formula is C17H26O3. The molecule has 0 saturated carbocycles. The summed E-state index contributed by atoms with van der Waals surface area (Å²) in [7, 11) is 0. The molecule has 1 N–H and O–H groups in total. The van der Waals surface area contributed by atoms with E-state index in [1.54, 1.807) is 0 Å². The zero-order valence-electron chi connectivity index (χ0n) is 13.0. The molecule has 1 aromatic rings. The quantitative estimate of drug-likeness (QED) is 0.855. The first-order chi connectivity index (χ1) is 9.49. The zero-order chi connectivity index (χ0) is 14.8. The number of aliphatic hydroxyl groups excluding tert-OH is 1. The summed E-state index contributed by atoms with van der Waals surface area (Å²) >= 11 is 0. The smallest absolute Gasteiger partial charge is 0.161 e. The number of hydrogen-bond donors (Lipinski definition) is 1. The van der Waals surface area contributed by atoms with Crippen LogP contribution in [0.1, 0.15) is 64.2 Å². The van der Waals surface area contributed by atoms with Gasteiger partial charge in [0.1, 0.15) is 0 Å². The van der Waals surface area contributed by atoms with Crippen molar-refractivity contribution in [3.05, 3.63) is 23.3 Å². The highest BCUT2D eigenvalue weighted by atomic mass is 16.5. The number of hydrogen-bond acceptors (Lipinski definition) is 3. The van der Waals surface area contributed by atoms with Crippen molar-refractivity contribution in [2.75, 3.05) is 13.2 Å². The highest BCUT2D eigenvalue weighted by Gasteiger charge is 2.37. The molecule has 0 bridgehead atoms. The lowest BCUT2D eigenvalue weighted by Crippen LogP contribution is -2.13. The molecule has 0 aromatic heterocycles. The normalized spacial score (nSPS) is 19.8. The van der Waals surface area contributed by atoms with Crippen LogP contribution < -0.4 is 9.47 Å². The zero-order valence-corrected chi connectivity index (χ0v) is 13.0. The van der Waals surface area contributed by atoms with Crippen molar-refractivity contribution in [3.63, 3.8) is 0 Å². The molecule has 0 amide bonds. The van der Waals surface area contributed by atoms with E-state index >= 15 is 0 Å². The van der Waals surface area contributed by atoms with Crippen LogP contribution in [0.2, 0.25) is 0 Å². The van der Waals surface area contributed by atoms with Crippen LogP contribution in [0.15, 0.2) is 12.1 Å². The molecule has 0 unspecified atom stereocenters. The van der Waals surface area contributed by atoms with Crippen LogP contribution in [0.4, 0.5) is 0 Å². The Morgan fingerprint density at radius 2 is 1.65 bits per heavy atom. The van der Waals surface area contributed by atoms with Crippen LogP contribution in [-0.4, -0.2) is 18.3 Å². The van der Waals surface area contributed by atoms with Gasteiger partial charge in [0.2, 0.25) is 0 Å². The lowest BCUT2D eigenvalue weighted by Gasteiger charge is -2.20. The molecule has 20 heavy (non-hydrogen) atoms. The standard InChI is InChI=1S/C17H26O3/c1-5-7-19-15-9-12-13(10-16(15)20-8-6-2)17(3,4)11-14(12)18/h9-10,14,18H,5-8,11H2,1-4H3/t14-/m1/s1. The first-order valence-electron chi connectivity index (χ1n) is 7.61. The van der Waals surface area contributed by atoms with Crippen molar-refractivity contribution in [2.45, 2.75) is 58.5 Å². The maximum absolute atomic E-state index is 10.2. The minimum absolute atomic E-state index is 0.0115. The molecule has 2 rings (SSSR count). The van der Waals surface area contributed by atoms with Gasteiger partial charge in [-0.2, -0.15) is 0 Å². The molecule has 0 spiro atoms.